The predicted molar refractivity (Wildman–Crippen MR) is 84.2 cm³/mol. The van der Waals surface area contributed by atoms with E-state index in [1.165, 1.54) is 6.26 Å². The van der Waals surface area contributed by atoms with Crippen LogP contribution in [0.4, 0.5) is 0 Å². The van der Waals surface area contributed by atoms with E-state index in [-0.39, 0.29) is 18.0 Å². The fourth-order valence-corrected chi connectivity index (χ4v) is 3.42. The second-order valence-electron chi connectivity index (χ2n) is 5.50. The van der Waals surface area contributed by atoms with Gasteiger partial charge in [-0.15, -0.1) is 0 Å². The molecule has 1 saturated heterocycles. The van der Waals surface area contributed by atoms with Gasteiger partial charge in [0.05, 0.1) is 12.3 Å². The van der Waals surface area contributed by atoms with Crippen molar-refractivity contribution in [2.75, 3.05) is 24.6 Å². The minimum Gasteiger partial charge on any atom is -0.467 e. The summed E-state index contributed by atoms with van der Waals surface area (Å²) in [6, 6.07) is 3.28. The van der Waals surface area contributed by atoms with Gasteiger partial charge in [-0.1, -0.05) is 0 Å². The van der Waals surface area contributed by atoms with Gasteiger partial charge in [0.1, 0.15) is 11.9 Å². The van der Waals surface area contributed by atoms with Crippen molar-refractivity contribution in [3.05, 3.63) is 24.2 Å². The molecule has 0 radical (unpaired) electrons. The van der Waals surface area contributed by atoms with Gasteiger partial charge in [0, 0.05) is 37.1 Å². The predicted octanol–water partition coefficient (Wildman–Crippen LogP) is 1.65. The van der Waals surface area contributed by atoms with Crippen molar-refractivity contribution >= 4 is 17.7 Å². The summed E-state index contributed by atoms with van der Waals surface area (Å²) in [6.07, 6.45) is 1.30. The Labute approximate surface area is 130 Å². The molecule has 1 amide bonds. The average Bonchev–Trinajstić information content (AvgIpc) is 3.01. The van der Waals surface area contributed by atoms with Crippen LogP contribution in [0.2, 0.25) is 0 Å². The van der Waals surface area contributed by atoms with Crippen molar-refractivity contribution in [1.82, 2.24) is 10.2 Å². The number of thioether (sulfide) groups is 1. The van der Waals surface area contributed by atoms with Gasteiger partial charge in [-0.05, 0) is 26.0 Å². The van der Waals surface area contributed by atoms with Crippen molar-refractivity contribution in [2.24, 2.45) is 0 Å². The van der Waals surface area contributed by atoms with Gasteiger partial charge in [-0.25, -0.2) is 0 Å². The molecule has 0 aromatic carbocycles. The Morgan fingerprint density at radius 2 is 2.19 bits per heavy atom. The van der Waals surface area contributed by atoms with Gasteiger partial charge in [0.25, 0.3) is 0 Å². The minimum atomic E-state index is -0.683. The summed E-state index contributed by atoms with van der Waals surface area (Å²) >= 11 is 1.93. The van der Waals surface area contributed by atoms with Crippen LogP contribution in [0.15, 0.2) is 22.8 Å². The molecule has 2 N–H and O–H groups in total. The summed E-state index contributed by atoms with van der Waals surface area (Å²) in [5, 5.41) is 13.0. The van der Waals surface area contributed by atoms with Crippen LogP contribution in [0.1, 0.15) is 32.1 Å². The van der Waals surface area contributed by atoms with E-state index >= 15 is 0 Å². The summed E-state index contributed by atoms with van der Waals surface area (Å²) < 4.78 is 5.17. The summed E-state index contributed by atoms with van der Waals surface area (Å²) in [5.41, 5.74) is 0. The SMILES string of the molecule is C[C@H](C[C@H](O)c1ccco1)NC(=O)[C@@H](C)N1CCSCC1. The lowest BCUT2D eigenvalue weighted by Crippen LogP contribution is -2.50. The van der Waals surface area contributed by atoms with Crippen LogP contribution in [0, 0.1) is 0 Å². The maximum atomic E-state index is 12.3. The molecular formula is C15H24N2O3S. The maximum Gasteiger partial charge on any atom is 0.237 e. The highest BCUT2D eigenvalue weighted by atomic mass is 32.2. The van der Waals surface area contributed by atoms with Crippen molar-refractivity contribution in [3.8, 4) is 0 Å². The molecule has 3 atom stereocenters. The Bertz CT molecular complexity index is 432. The molecule has 2 heterocycles. The van der Waals surface area contributed by atoms with Gasteiger partial charge in [0.2, 0.25) is 5.91 Å². The zero-order valence-electron chi connectivity index (χ0n) is 12.6. The minimum absolute atomic E-state index is 0.0287. The molecule has 1 aliphatic rings. The second kappa shape index (κ2) is 7.87. The number of nitrogens with one attached hydrogen (secondary N) is 1. The van der Waals surface area contributed by atoms with E-state index in [4.69, 9.17) is 4.42 Å². The molecule has 1 fully saturated rings. The van der Waals surface area contributed by atoms with E-state index in [0.29, 0.717) is 12.2 Å². The summed E-state index contributed by atoms with van der Waals surface area (Å²) in [4.78, 5) is 14.5. The molecule has 0 bridgehead atoms. The maximum absolute atomic E-state index is 12.3. The van der Waals surface area contributed by atoms with E-state index in [9.17, 15) is 9.90 Å². The number of rotatable bonds is 6. The highest BCUT2D eigenvalue weighted by Gasteiger charge is 2.24. The third-order valence-electron chi connectivity index (χ3n) is 3.81. The molecule has 0 spiro atoms. The number of hydrogen-bond acceptors (Lipinski definition) is 5. The van der Waals surface area contributed by atoms with E-state index in [1.807, 2.05) is 25.6 Å². The monoisotopic (exact) mass is 312 g/mol. The van der Waals surface area contributed by atoms with Crippen LogP contribution in [0.5, 0.6) is 0 Å². The number of aliphatic hydroxyl groups excluding tert-OH is 1. The molecule has 0 unspecified atom stereocenters. The number of aliphatic hydroxyl groups is 1. The molecule has 6 heteroatoms. The van der Waals surface area contributed by atoms with E-state index in [2.05, 4.69) is 10.2 Å². The summed E-state index contributed by atoms with van der Waals surface area (Å²) in [7, 11) is 0. The molecule has 1 aromatic heterocycles. The lowest BCUT2D eigenvalue weighted by molar-refractivity contribution is -0.126. The zero-order valence-corrected chi connectivity index (χ0v) is 13.4. The van der Waals surface area contributed by atoms with Crippen LogP contribution in [0.3, 0.4) is 0 Å². The normalized spacial score (nSPS) is 20.7. The quantitative estimate of drug-likeness (QED) is 0.836. The zero-order chi connectivity index (χ0) is 15.2. The average molecular weight is 312 g/mol. The van der Waals surface area contributed by atoms with Gasteiger partial charge in [-0.2, -0.15) is 11.8 Å². The highest BCUT2D eigenvalue weighted by molar-refractivity contribution is 7.99. The Balaban J connectivity index is 1.78. The summed E-state index contributed by atoms with van der Waals surface area (Å²) in [6.45, 7) is 5.77. The first kappa shape index (κ1) is 16.4. The number of carbonyl (C=O) groups excluding carboxylic acids is 1. The largest absolute Gasteiger partial charge is 0.467 e. The molecule has 1 aromatic rings. The number of nitrogens with zero attached hydrogens (tertiary/aromatic N) is 1. The number of furan rings is 1. The molecule has 2 rings (SSSR count). The van der Waals surface area contributed by atoms with E-state index < -0.39 is 6.10 Å². The van der Waals surface area contributed by atoms with Crippen LogP contribution in [-0.4, -0.2) is 52.6 Å². The highest BCUT2D eigenvalue weighted by Crippen LogP contribution is 2.18. The van der Waals surface area contributed by atoms with Crippen molar-refractivity contribution in [1.29, 1.82) is 0 Å². The molecule has 1 aliphatic heterocycles. The molecule has 5 nitrogen and oxygen atoms in total. The van der Waals surface area contributed by atoms with Crippen LogP contribution >= 0.6 is 11.8 Å². The fraction of sp³-hybridized carbons (Fsp3) is 0.667. The van der Waals surface area contributed by atoms with Gasteiger partial charge in [-0.3, -0.25) is 9.69 Å². The smallest absolute Gasteiger partial charge is 0.237 e. The topological polar surface area (TPSA) is 65.7 Å². The molecule has 0 aliphatic carbocycles. The standard InChI is InChI=1S/C15H24N2O3S/c1-11(10-13(18)14-4-3-7-20-14)16-15(19)12(2)17-5-8-21-9-6-17/h3-4,7,11-13,18H,5-6,8-10H2,1-2H3,(H,16,19)/t11-,12-,13+/m1/s1. The van der Waals surface area contributed by atoms with Crippen molar-refractivity contribution in [3.63, 3.8) is 0 Å². The van der Waals surface area contributed by atoms with Crippen LogP contribution in [0.25, 0.3) is 0 Å². The molecular weight excluding hydrogens is 288 g/mol. The Morgan fingerprint density at radius 1 is 1.48 bits per heavy atom. The fourth-order valence-electron chi connectivity index (χ4n) is 2.48. The molecule has 0 saturated carbocycles. The summed E-state index contributed by atoms with van der Waals surface area (Å²) in [5.74, 6) is 2.74. The van der Waals surface area contributed by atoms with E-state index in [0.717, 1.165) is 24.6 Å². The third-order valence-corrected chi connectivity index (χ3v) is 4.75. The number of carbonyl (C=O) groups is 1. The lowest BCUT2D eigenvalue weighted by atomic mass is 10.1. The van der Waals surface area contributed by atoms with Gasteiger partial charge < -0.3 is 14.8 Å². The van der Waals surface area contributed by atoms with Crippen molar-refractivity contribution < 1.29 is 14.3 Å². The lowest BCUT2D eigenvalue weighted by Gasteiger charge is -2.32. The first-order chi connectivity index (χ1) is 10.1. The van der Waals surface area contributed by atoms with Crippen LogP contribution < -0.4 is 5.32 Å². The second-order valence-corrected chi connectivity index (χ2v) is 6.73. The Hall–Kier alpha value is -0.980. The Kier molecular flexibility index (Phi) is 6.14. The molecule has 118 valence electrons. The third kappa shape index (κ3) is 4.76. The first-order valence-electron chi connectivity index (χ1n) is 7.41. The number of hydrogen-bond donors (Lipinski definition) is 2. The first-order valence-corrected chi connectivity index (χ1v) is 8.57. The van der Waals surface area contributed by atoms with Gasteiger partial charge in [0.15, 0.2) is 0 Å². The van der Waals surface area contributed by atoms with Gasteiger partial charge >= 0.3 is 0 Å². The molecule has 21 heavy (non-hydrogen) atoms. The Morgan fingerprint density at radius 3 is 2.81 bits per heavy atom. The van der Waals surface area contributed by atoms with E-state index in [1.54, 1.807) is 12.1 Å². The van der Waals surface area contributed by atoms with Crippen molar-refractivity contribution in [2.45, 2.75) is 38.5 Å². The number of amides is 1. The van der Waals surface area contributed by atoms with Crippen LogP contribution in [-0.2, 0) is 4.79 Å².